The molecule has 0 bridgehead atoms. The summed E-state index contributed by atoms with van der Waals surface area (Å²) in [4.78, 5) is 24.7. The van der Waals surface area contributed by atoms with Crippen LogP contribution in [0.5, 0.6) is 0 Å². The summed E-state index contributed by atoms with van der Waals surface area (Å²) < 4.78 is 0. The van der Waals surface area contributed by atoms with Crippen molar-refractivity contribution >= 4 is 12.0 Å². The van der Waals surface area contributed by atoms with E-state index in [0.717, 1.165) is 29.5 Å². The van der Waals surface area contributed by atoms with E-state index < -0.39 is 5.97 Å². The molecule has 2 N–H and O–H groups in total. The number of benzene rings is 2. The van der Waals surface area contributed by atoms with Crippen molar-refractivity contribution in [1.82, 2.24) is 10.2 Å². The number of nitrogens with one attached hydrogen (secondary N) is 1. The standard InChI is InChI=1S/C19H20N2O3/c1-21(17-9-10-17)19(24)20-12-13-3-2-4-16(11-13)14-5-7-15(8-6-14)18(22)23/h2-8,11,17H,9-10,12H2,1H3,(H,20,24)(H,22,23). The molecule has 2 amide bonds. The van der Waals surface area contributed by atoms with Gasteiger partial charge >= 0.3 is 12.0 Å². The van der Waals surface area contributed by atoms with Crippen LogP contribution in [0.3, 0.4) is 0 Å². The van der Waals surface area contributed by atoms with Crippen LogP contribution >= 0.6 is 0 Å². The molecule has 0 radical (unpaired) electrons. The molecule has 0 aliphatic heterocycles. The fraction of sp³-hybridized carbons (Fsp3) is 0.263. The Kier molecular flexibility index (Phi) is 4.51. The summed E-state index contributed by atoms with van der Waals surface area (Å²) in [5.41, 5.74) is 3.22. The maximum atomic E-state index is 12.0. The third-order valence-electron chi connectivity index (χ3n) is 4.25. The van der Waals surface area contributed by atoms with Gasteiger partial charge in [0.15, 0.2) is 0 Å². The SMILES string of the molecule is CN(C(=O)NCc1cccc(-c2ccc(C(=O)O)cc2)c1)C1CC1. The van der Waals surface area contributed by atoms with Crippen molar-refractivity contribution in [2.24, 2.45) is 0 Å². The Morgan fingerprint density at radius 1 is 1.12 bits per heavy atom. The number of rotatable bonds is 5. The van der Waals surface area contributed by atoms with Gasteiger partial charge in [0.05, 0.1) is 5.56 Å². The van der Waals surface area contributed by atoms with Crippen molar-refractivity contribution in [1.29, 1.82) is 0 Å². The Morgan fingerprint density at radius 3 is 2.46 bits per heavy atom. The minimum Gasteiger partial charge on any atom is -0.478 e. The Morgan fingerprint density at radius 2 is 1.83 bits per heavy atom. The van der Waals surface area contributed by atoms with Crippen LogP contribution < -0.4 is 5.32 Å². The molecule has 2 aromatic rings. The lowest BCUT2D eigenvalue weighted by atomic mass is 10.0. The van der Waals surface area contributed by atoms with Crippen molar-refractivity contribution < 1.29 is 14.7 Å². The fourth-order valence-electron chi connectivity index (χ4n) is 2.60. The zero-order valence-corrected chi connectivity index (χ0v) is 13.5. The number of aromatic carboxylic acids is 1. The normalized spacial score (nSPS) is 13.4. The second kappa shape index (κ2) is 6.74. The average molecular weight is 324 g/mol. The number of hydrogen-bond donors (Lipinski definition) is 2. The molecule has 5 nitrogen and oxygen atoms in total. The number of carboxylic acids is 1. The lowest BCUT2D eigenvalue weighted by Crippen LogP contribution is -2.38. The molecular weight excluding hydrogens is 304 g/mol. The quantitative estimate of drug-likeness (QED) is 0.886. The molecule has 0 heterocycles. The van der Waals surface area contributed by atoms with E-state index in [1.54, 1.807) is 29.2 Å². The van der Waals surface area contributed by atoms with Gasteiger partial charge in [-0.3, -0.25) is 0 Å². The first kappa shape index (κ1) is 16.1. The van der Waals surface area contributed by atoms with E-state index in [-0.39, 0.29) is 11.6 Å². The number of carboxylic acid groups (broad SMARTS) is 1. The van der Waals surface area contributed by atoms with E-state index in [0.29, 0.717) is 12.6 Å². The summed E-state index contributed by atoms with van der Waals surface area (Å²) in [7, 11) is 1.83. The Balaban J connectivity index is 1.67. The number of amides is 2. The molecule has 1 saturated carbocycles. The summed E-state index contributed by atoms with van der Waals surface area (Å²) in [5, 5.41) is 11.9. The van der Waals surface area contributed by atoms with Gasteiger partial charge in [-0.15, -0.1) is 0 Å². The zero-order valence-electron chi connectivity index (χ0n) is 13.5. The molecule has 0 aromatic heterocycles. The highest BCUT2D eigenvalue weighted by atomic mass is 16.4. The lowest BCUT2D eigenvalue weighted by Gasteiger charge is -2.17. The van der Waals surface area contributed by atoms with E-state index >= 15 is 0 Å². The zero-order chi connectivity index (χ0) is 17.1. The molecule has 0 saturated heterocycles. The van der Waals surface area contributed by atoms with Gasteiger partial charge in [0.2, 0.25) is 0 Å². The molecule has 3 rings (SSSR count). The second-order valence-electron chi connectivity index (χ2n) is 6.08. The minimum atomic E-state index is -0.933. The molecule has 0 unspecified atom stereocenters. The van der Waals surface area contributed by atoms with Crippen LogP contribution in [-0.4, -0.2) is 35.1 Å². The van der Waals surface area contributed by atoms with Gasteiger partial charge in [0.1, 0.15) is 0 Å². The van der Waals surface area contributed by atoms with Crippen molar-refractivity contribution in [3.8, 4) is 11.1 Å². The smallest absolute Gasteiger partial charge is 0.335 e. The van der Waals surface area contributed by atoms with Gasteiger partial charge in [0.25, 0.3) is 0 Å². The van der Waals surface area contributed by atoms with Crippen LogP contribution in [0.15, 0.2) is 48.5 Å². The van der Waals surface area contributed by atoms with Crippen LogP contribution in [-0.2, 0) is 6.54 Å². The average Bonchev–Trinajstić information content (AvgIpc) is 3.44. The Labute approximate surface area is 140 Å². The maximum absolute atomic E-state index is 12.0. The van der Waals surface area contributed by atoms with Gasteiger partial charge in [-0.2, -0.15) is 0 Å². The van der Waals surface area contributed by atoms with Crippen LogP contribution in [0.25, 0.3) is 11.1 Å². The van der Waals surface area contributed by atoms with Crippen LogP contribution in [0.2, 0.25) is 0 Å². The highest BCUT2D eigenvalue weighted by Gasteiger charge is 2.29. The van der Waals surface area contributed by atoms with Gasteiger partial charge in [0, 0.05) is 19.6 Å². The largest absolute Gasteiger partial charge is 0.478 e. The van der Waals surface area contributed by atoms with Gasteiger partial charge in [-0.05, 0) is 47.7 Å². The van der Waals surface area contributed by atoms with Gasteiger partial charge in [-0.1, -0.05) is 30.3 Å². The molecule has 1 aliphatic rings. The number of carbonyl (C=O) groups is 2. The first-order valence-electron chi connectivity index (χ1n) is 7.98. The first-order valence-corrected chi connectivity index (χ1v) is 7.98. The molecular formula is C19H20N2O3. The predicted molar refractivity (Wildman–Crippen MR) is 91.9 cm³/mol. The number of nitrogens with zero attached hydrogens (tertiary/aromatic N) is 1. The number of urea groups is 1. The van der Waals surface area contributed by atoms with Crippen molar-refractivity contribution in [3.05, 3.63) is 59.7 Å². The van der Waals surface area contributed by atoms with Crippen molar-refractivity contribution in [3.63, 3.8) is 0 Å². The Hall–Kier alpha value is -2.82. The van der Waals surface area contributed by atoms with E-state index in [4.69, 9.17) is 5.11 Å². The molecule has 124 valence electrons. The molecule has 24 heavy (non-hydrogen) atoms. The minimum absolute atomic E-state index is 0.0475. The van der Waals surface area contributed by atoms with Gasteiger partial charge in [-0.25, -0.2) is 9.59 Å². The van der Waals surface area contributed by atoms with Crippen molar-refractivity contribution in [2.45, 2.75) is 25.4 Å². The molecule has 1 aliphatic carbocycles. The highest BCUT2D eigenvalue weighted by Crippen LogP contribution is 2.25. The molecule has 2 aromatic carbocycles. The molecule has 0 atom stereocenters. The maximum Gasteiger partial charge on any atom is 0.335 e. The van der Waals surface area contributed by atoms with Crippen LogP contribution in [0, 0.1) is 0 Å². The van der Waals surface area contributed by atoms with Gasteiger partial charge < -0.3 is 15.3 Å². The summed E-state index contributed by atoms with van der Waals surface area (Å²) in [6, 6.07) is 15.0. The Bertz CT molecular complexity index is 751. The number of hydrogen-bond acceptors (Lipinski definition) is 2. The van der Waals surface area contributed by atoms with E-state index in [1.807, 2.05) is 31.3 Å². The van der Waals surface area contributed by atoms with E-state index in [2.05, 4.69) is 5.32 Å². The van der Waals surface area contributed by atoms with E-state index in [9.17, 15) is 9.59 Å². The third kappa shape index (κ3) is 3.74. The summed E-state index contributed by atoms with van der Waals surface area (Å²) >= 11 is 0. The monoisotopic (exact) mass is 324 g/mol. The molecule has 0 spiro atoms. The summed E-state index contributed by atoms with van der Waals surface area (Å²) in [6.45, 7) is 0.469. The van der Waals surface area contributed by atoms with Crippen molar-refractivity contribution in [2.75, 3.05) is 7.05 Å². The summed E-state index contributed by atoms with van der Waals surface area (Å²) in [6.07, 6.45) is 2.18. The molecule has 5 heteroatoms. The summed E-state index contributed by atoms with van der Waals surface area (Å²) in [5.74, 6) is -0.933. The third-order valence-corrected chi connectivity index (χ3v) is 4.25. The van der Waals surface area contributed by atoms with E-state index in [1.165, 1.54) is 0 Å². The second-order valence-corrected chi connectivity index (χ2v) is 6.08. The van der Waals surface area contributed by atoms with Crippen LogP contribution in [0.4, 0.5) is 4.79 Å². The molecule has 1 fully saturated rings. The highest BCUT2D eigenvalue weighted by molar-refractivity contribution is 5.88. The lowest BCUT2D eigenvalue weighted by molar-refractivity contribution is 0.0697. The fourth-order valence-corrected chi connectivity index (χ4v) is 2.60. The first-order chi connectivity index (χ1) is 11.5. The number of carbonyl (C=O) groups excluding carboxylic acids is 1. The van der Waals surface area contributed by atoms with Crippen LogP contribution in [0.1, 0.15) is 28.8 Å². The predicted octanol–water partition coefficient (Wildman–Crippen LogP) is 3.36. The topological polar surface area (TPSA) is 69.6 Å².